The number of ether oxygens (including phenoxy) is 1. The highest BCUT2D eigenvalue weighted by Crippen LogP contribution is 2.24. The van der Waals surface area contributed by atoms with Crippen LogP contribution in [-0.2, 0) is 0 Å². The zero-order chi connectivity index (χ0) is 15.4. The van der Waals surface area contributed by atoms with Gasteiger partial charge in [-0.05, 0) is 31.2 Å². The molecule has 5 nitrogen and oxygen atoms in total. The van der Waals surface area contributed by atoms with Gasteiger partial charge in [-0.1, -0.05) is 29.4 Å². The van der Waals surface area contributed by atoms with Crippen LogP contribution in [-0.4, -0.2) is 11.1 Å². The number of benzene rings is 2. The zero-order valence-electron chi connectivity index (χ0n) is 11.9. The molecule has 5 heteroatoms. The second-order valence-corrected chi connectivity index (χ2v) is 4.72. The Morgan fingerprint density at radius 1 is 1.05 bits per heavy atom. The van der Waals surface area contributed by atoms with Crippen LogP contribution in [0.25, 0.3) is 0 Å². The van der Waals surface area contributed by atoms with Crippen molar-refractivity contribution in [2.45, 2.75) is 6.92 Å². The molecule has 0 aliphatic rings. The van der Waals surface area contributed by atoms with Crippen molar-refractivity contribution in [2.75, 3.05) is 5.32 Å². The van der Waals surface area contributed by atoms with Crippen LogP contribution >= 0.6 is 0 Å². The number of hydrogen-bond acceptors (Lipinski definition) is 4. The fourth-order valence-electron chi connectivity index (χ4n) is 1.93. The minimum absolute atomic E-state index is 0.242. The van der Waals surface area contributed by atoms with Gasteiger partial charge < -0.3 is 14.6 Å². The Morgan fingerprint density at radius 3 is 2.55 bits per heavy atom. The molecule has 0 bridgehead atoms. The van der Waals surface area contributed by atoms with E-state index in [-0.39, 0.29) is 11.6 Å². The molecular weight excluding hydrogens is 280 g/mol. The minimum Gasteiger partial charge on any atom is -0.457 e. The molecule has 0 atom stereocenters. The molecule has 3 aromatic rings. The van der Waals surface area contributed by atoms with Crippen LogP contribution in [0.1, 0.15) is 16.2 Å². The fourth-order valence-corrected chi connectivity index (χ4v) is 1.93. The molecule has 110 valence electrons. The van der Waals surface area contributed by atoms with Gasteiger partial charge >= 0.3 is 0 Å². The first-order valence-electron chi connectivity index (χ1n) is 6.78. The summed E-state index contributed by atoms with van der Waals surface area (Å²) in [6, 6.07) is 18.2. The van der Waals surface area contributed by atoms with Crippen LogP contribution in [0.2, 0.25) is 0 Å². The Hall–Kier alpha value is -3.08. The summed E-state index contributed by atoms with van der Waals surface area (Å²) >= 11 is 0. The summed E-state index contributed by atoms with van der Waals surface area (Å²) in [7, 11) is 0. The first-order valence-corrected chi connectivity index (χ1v) is 6.78. The van der Waals surface area contributed by atoms with E-state index >= 15 is 0 Å². The molecule has 1 N–H and O–H groups in total. The second kappa shape index (κ2) is 6.13. The molecule has 1 heterocycles. The summed E-state index contributed by atoms with van der Waals surface area (Å²) in [6.45, 7) is 1.73. The molecular formula is C17H14N2O3. The van der Waals surface area contributed by atoms with Crippen molar-refractivity contribution in [1.82, 2.24) is 5.16 Å². The SMILES string of the molecule is Cc1cc(C(=O)Nc2cccc(Oc3ccccc3)c2)no1. The summed E-state index contributed by atoms with van der Waals surface area (Å²) in [6.07, 6.45) is 0. The van der Waals surface area contributed by atoms with Crippen LogP contribution < -0.4 is 10.1 Å². The van der Waals surface area contributed by atoms with Crippen molar-refractivity contribution < 1.29 is 14.1 Å². The molecule has 0 aliphatic carbocycles. The number of aryl methyl sites for hydroxylation is 1. The molecule has 1 aromatic heterocycles. The third-order valence-electron chi connectivity index (χ3n) is 2.93. The van der Waals surface area contributed by atoms with Crippen LogP contribution in [0.15, 0.2) is 65.2 Å². The summed E-state index contributed by atoms with van der Waals surface area (Å²) in [5.74, 6) is 1.64. The van der Waals surface area contributed by atoms with Crippen molar-refractivity contribution in [3.63, 3.8) is 0 Å². The molecule has 0 saturated heterocycles. The first kappa shape index (κ1) is 13.9. The maximum atomic E-state index is 12.0. The predicted octanol–water partition coefficient (Wildman–Crippen LogP) is 4.03. The van der Waals surface area contributed by atoms with Crippen molar-refractivity contribution in [2.24, 2.45) is 0 Å². The van der Waals surface area contributed by atoms with Crippen molar-refractivity contribution in [3.8, 4) is 11.5 Å². The fraction of sp³-hybridized carbons (Fsp3) is 0.0588. The molecule has 0 aliphatic heterocycles. The highest BCUT2D eigenvalue weighted by molar-refractivity contribution is 6.02. The Balaban J connectivity index is 1.72. The minimum atomic E-state index is -0.325. The van der Waals surface area contributed by atoms with Gasteiger partial charge in [0.05, 0.1) is 0 Å². The van der Waals surface area contributed by atoms with Gasteiger partial charge in [-0.2, -0.15) is 0 Å². The topological polar surface area (TPSA) is 64.4 Å². The van der Waals surface area contributed by atoms with Crippen molar-refractivity contribution >= 4 is 11.6 Å². The Morgan fingerprint density at radius 2 is 1.82 bits per heavy atom. The van der Waals surface area contributed by atoms with E-state index in [9.17, 15) is 4.79 Å². The van der Waals surface area contributed by atoms with E-state index in [4.69, 9.17) is 9.26 Å². The molecule has 3 rings (SSSR count). The number of anilines is 1. The lowest BCUT2D eigenvalue weighted by Gasteiger charge is -2.08. The van der Waals surface area contributed by atoms with Gasteiger partial charge in [-0.3, -0.25) is 4.79 Å². The highest BCUT2D eigenvalue weighted by atomic mass is 16.5. The largest absolute Gasteiger partial charge is 0.457 e. The van der Waals surface area contributed by atoms with Crippen molar-refractivity contribution in [3.05, 3.63) is 72.1 Å². The average Bonchev–Trinajstić information content (AvgIpc) is 2.95. The lowest BCUT2D eigenvalue weighted by atomic mass is 10.2. The number of nitrogens with zero attached hydrogens (tertiary/aromatic N) is 1. The predicted molar refractivity (Wildman–Crippen MR) is 82.2 cm³/mol. The quantitative estimate of drug-likeness (QED) is 0.789. The molecule has 0 unspecified atom stereocenters. The third-order valence-corrected chi connectivity index (χ3v) is 2.93. The second-order valence-electron chi connectivity index (χ2n) is 4.72. The van der Waals surface area contributed by atoms with Gasteiger partial charge in [0.15, 0.2) is 5.69 Å². The van der Waals surface area contributed by atoms with Gasteiger partial charge in [-0.25, -0.2) is 0 Å². The van der Waals surface area contributed by atoms with Gasteiger partial charge in [-0.15, -0.1) is 0 Å². The summed E-state index contributed by atoms with van der Waals surface area (Å²) < 4.78 is 10.6. The van der Waals surface area contributed by atoms with Crippen LogP contribution in [0, 0.1) is 6.92 Å². The number of carbonyl (C=O) groups excluding carboxylic acids is 1. The van der Waals surface area contributed by atoms with Crippen molar-refractivity contribution in [1.29, 1.82) is 0 Å². The van der Waals surface area contributed by atoms with Gasteiger partial charge in [0, 0.05) is 17.8 Å². The van der Waals surface area contributed by atoms with E-state index < -0.39 is 0 Å². The number of rotatable bonds is 4. The van der Waals surface area contributed by atoms with E-state index in [1.54, 1.807) is 25.1 Å². The van der Waals surface area contributed by atoms with E-state index in [2.05, 4.69) is 10.5 Å². The molecule has 1 amide bonds. The van der Waals surface area contributed by atoms with Gasteiger partial charge in [0.25, 0.3) is 5.91 Å². The Kier molecular flexibility index (Phi) is 3.87. The number of carbonyl (C=O) groups is 1. The number of para-hydroxylation sites is 1. The Labute approximate surface area is 127 Å². The molecule has 0 saturated carbocycles. The first-order chi connectivity index (χ1) is 10.7. The Bertz CT molecular complexity index is 781. The summed E-state index contributed by atoms with van der Waals surface area (Å²) in [4.78, 5) is 12.0. The maximum Gasteiger partial charge on any atom is 0.277 e. The van der Waals surface area contributed by atoms with Gasteiger partial charge in [0.2, 0.25) is 0 Å². The maximum absolute atomic E-state index is 12.0. The monoisotopic (exact) mass is 294 g/mol. The number of hydrogen-bond donors (Lipinski definition) is 1. The number of nitrogens with one attached hydrogen (secondary N) is 1. The lowest BCUT2D eigenvalue weighted by molar-refractivity contribution is 0.101. The molecule has 0 spiro atoms. The smallest absolute Gasteiger partial charge is 0.277 e. The highest BCUT2D eigenvalue weighted by Gasteiger charge is 2.11. The number of amides is 1. The van der Waals surface area contributed by atoms with E-state index in [0.717, 1.165) is 5.75 Å². The molecule has 22 heavy (non-hydrogen) atoms. The van der Waals surface area contributed by atoms with Crippen LogP contribution in [0.5, 0.6) is 11.5 Å². The summed E-state index contributed by atoms with van der Waals surface area (Å²) in [5, 5.41) is 6.44. The van der Waals surface area contributed by atoms with E-state index in [1.807, 2.05) is 42.5 Å². The van der Waals surface area contributed by atoms with E-state index in [1.165, 1.54) is 0 Å². The zero-order valence-corrected chi connectivity index (χ0v) is 11.9. The van der Waals surface area contributed by atoms with E-state index in [0.29, 0.717) is 17.2 Å². The van der Waals surface area contributed by atoms with Crippen LogP contribution in [0.3, 0.4) is 0 Å². The normalized spacial score (nSPS) is 10.2. The lowest BCUT2D eigenvalue weighted by Crippen LogP contribution is -2.12. The van der Waals surface area contributed by atoms with Gasteiger partial charge in [0.1, 0.15) is 17.3 Å². The molecule has 2 aromatic carbocycles. The standard InChI is InChI=1S/C17H14N2O3/c1-12-10-16(19-22-12)17(20)18-13-6-5-9-15(11-13)21-14-7-3-2-4-8-14/h2-11H,1H3,(H,18,20). The number of aromatic nitrogens is 1. The summed E-state index contributed by atoms with van der Waals surface area (Å²) in [5.41, 5.74) is 0.867. The van der Waals surface area contributed by atoms with Crippen LogP contribution in [0.4, 0.5) is 5.69 Å². The average molecular weight is 294 g/mol. The third kappa shape index (κ3) is 3.32. The molecule has 0 radical (unpaired) electrons. The molecule has 0 fully saturated rings.